The Bertz CT molecular complexity index is 1300. The molecular weight excluding hydrogens is 593 g/mol. The maximum Gasteiger partial charge on any atom is 1.00 e. The van der Waals surface area contributed by atoms with Gasteiger partial charge in [-0.2, -0.15) is 0 Å². The van der Waals surface area contributed by atoms with Crippen LogP contribution >= 0.6 is 34.9 Å². The number of carboxylic acid groups (broad SMARTS) is 1. The molecule has 208 valence electrons. The van der Waals surface area contributed by atoms with Crippen molar-refractivity contribution in [3.63, 3.8) is 0 Å². The minimum Gasteiger partial charge on any atom is -0.549 e. The van der Waals surface area contributed by atoms with E-state index in [1.54, 1.807) is 6.92 Å². The molecule has 3 heterocycles. The molecule has 2 aliphatic heterocycles. The monoisotopic (exact) mass is 617 g/mol. The van der Waals surface area contributed by atoms with Crippen molar-refractivity contribution in [2.75, 3.05) is 25.1 Å². The van der Waals surface area contributed by atoms with Crippen LogP contribution in [0.15, 0.2) is 28.6 Å². The predicted molar refractivity (Wildman–Crippen MR) is 140 cm³/mol. The van der Waals surface area contributed by atoms with Gasteiger partial charge >= 0.3 is 41.6 Å². The molecule has 2 aromatic rings. The number of aryl methyl sites for hydroxylation is 1. The Balaban J connectivity index is 0.00000441. The van der Waals surface area contributed by atoms with Gasteiger partial charge in [0.2, 0.25) is 11.8 Å². The van der Waals surface area contributed by atoms with Crippen molar-refractivity contribution < 1.29 is 63.7 Å². The summed E-state index contributed by atoms with van der Waals surface area (Å²) in [6.07, 6.45) is 0. The van der Waals surface area contributed by atoms with E-state index in [1.165, 1.54) is 71.1 Å². The number of hydrogen-bond acceptors (Lipinski definition) is 12. The van der Waals surface area contributed by atoms with Crippen LogP contribution in [0.1, 0.15) is 16.6 Å². The van der Waals surface area contributed by atoms with Gasteiger partial charge in [0.15, 0.2) is 4.34 Å². The Morgan fingerprint density at radius 2 is 1.93 bits per heavy atom. The summed E-state index contributed by atoms with van der Waals surface area (Å²) in [5, 5.41) is 39.1. The van der Waals surface area contributed by atoms with Crippen LogP contribution in [0.2, 0.25) is 0 Å². The number of phenols is 1. The molecule has 4 rings (SSSR count). The Kier molecular flexibility index (Phi) is 10.7. The summed E-state index contributed by atoms with van der Waals surface area (Å²) in [6.45, 7) is 1.71. The molecule has 2 saturated heterocycles. The number of nitrogens with one attached hydrogen (secondary N) is 4. The van der Waals surface area contributed by atoms with Crippen molar-refractivity contribution in [3.8, 4) is 5.75 Å². The second kappa shape index (κ2) is 13.4. The molecule has 0 aliphatic carbocycles. The third-order valence-electron chi connectivity index (χ3n) is 6.07. The first-order valence-corrected chi connectivity index (χ1v) is 14.3. The van der Waals surface area contributed by atoms with Gasteiger partial charge in [-0.15, -0.1) is 22.0 Å². The fourth-order valence-electron chi connectivity index (χ4n) is 3.97. The van der Waals surface area contributed by atoms with E-state index in [1.807, 2.05) is 5.32 Å². The smallest absolute Gasteiger partial charge is 0.549 e. The number of aromatic hydroxyl groups is 1. The van der Waals surface area contributed by atoms with Gasteiger partial charge in [-0.1, -0.05) is 35.2 Å². The van der Waals surface area contributed by atoms with E-state index in [9.17, 15) is 34.2 Å². The number of amides is 6. The van der Waals surface area contributed by atoms with Crippen molar-refractivity contribution >= 4 is 64.7 Å². The van der Waals surface area contributed by atoms with E-state index < -0.39 is 52.7 Å². The van der Waals surface area contributed by atoms with Crippen molar-refractivity contribution in [3.05, 3.63) is 34.8 Å². The summed E-state index contributed by atoms with van der Waals surface area (Å²) in [4.78, 5) is 63.5. The summed E-state index contributed by atoms with van der Waals surface area (Å²) in [5.74, 6) is -2.26. The van der Waals surface area contributed by atoms with Crippen LogP contribution in [0.5, 0.6) is 5.75 Å². The Morgan fingerprint density at radius 3 is 2.52 bits per heavy atom. The molecular formula is C22H24N7NaO7S3. The van der Waals surface area contributed by atoms with Gasteiger partial charge in [0.1, 0.15) is 28.2 Å². The zero-order chi connectivity index (χ0) is 28.3. The number of carbonyl (C=O) groups excluding carboxylic acids is 5. The number of rotatable bonds is 8. The number of fused-ring (bicyclic) bond motifs is 1. The first-order valence-electron chi connectivity index (χ1n) is 11.5. The quantitative estimate of drug-likeness (QED) is 0.110. The van der Waals surface area contributed by atoms with E-state index in [4.69, 9.17) is 0 Å². The van der Waals surface area contributed by atoms with Crippen LogP contribution < -0.4 is 55.9 Å². The largest absolute Gasteiger partial charge is 1.00 e. The molecule has 14 nitrogen and oxygen atoms in total. The maximum absolute atomic E-state index is 13.2. The number of carbonyl (C=O) groups is 5. The number of phenolic OH excluding ortho intramolecular Hbond substituents is 1. The first-order chi connectivity index (χ1) is 18.5. The van der Waals surface area contributed by atoms with Gasteiger partial charge in [-0.25, -0.2) is 9.59 Å². The molecule has 0 bridgehead atoms. The standard InChI is InChI=1S/C22H25N7O7S3.Na/c1-10-27-28-21(39-10)38-9-22(18(33)34)7-29-16(32)14(17(29)37-8-22)24-15(31)13(11-3-5-12(30)6-4-11)25-20(36)26-19(35)23-2;/h3-6,13-14,17,30H,7-9H2,1-2H3,(H,24,31)(H,33,34)(H3,23,25,26,35,36);/q;+1/p-1/t13?,14?,17-,22?;/m1./s1. The molecule has 18 heteroatoms. The summed E-state index contributed by atoms with van der Waals surface area (Å²) in [6, 6.07) is 1.45. The summed E-state index contributed by atoms with van der Waals surface area (Å²) in [7, 11) is 1.31. The van der Waals surface area contributed by atoms with Crippen LogP contribution in [-0.4, -0.2) is 86.6 Å². The van der Waals surface area contributed by atoms with Gasteiger partial charge in [-0.3, -0.25) is 14.9 Å². The van der Waals surface area contributed by atoms with Gasteiger partial charge in [0.05, 0.1) is 5.97 Å². The molecule has 1 aromatic carbocycles. The molecule has 1 aromatic heterocycles. The average Bonchev–Trinajstić information content (AvgIpc) is 3.34. The van der Waals surface area contributed by atoms with Gasteiger partial charge in [0, 0.05) is 30.5 Å². The minimum atomic E-state index is -1.32. The number of urea groups is 2. The van der Waals surface area contributed by atoms with Crippen LogP contribution in [0.25, 0.3) is 0 Å². The second-order valence-corrected chi connectivity index (χ2v) is 12.3. The number of aliphatic carboxylic acids is 1. The van der Waals surface area contributed by atoms with E-state index in [0.717, 1.165) is 5.01 Å². The number of hydrogen-bond donors (Lipinski definition) is 5. The summed E-state index contributed by atoms with van der Waals surface area (Å²) < 4.78 is 0.619. The van der Waals surface area contributed by atoms with Crippen molar-refractivity contribution in [2.24, 2.45) is 5.41 Å². The van der Waals surface area contributed by atoms with Gasteiger partial charge in [0.25, 0.3) is 0 Å². The molecule has 40 heavy (non-hydrogen) atoms. The normalized spacial score (nSPS) is 22.1. The SMILES string of the molecule is CNC(=O)NC(=O)NC(C(=O)NC1C(=O)N2CC(CSc3nnc(C)s3)(C(=O)[O-])CS[C@H]12)c1ccc(O)cc1.[Na+]. The predicted octanol–water partition coefficient (Wildman–Crippen LogP) is -3.84. The number of imide groups is 1. The molecule has 4 atom stereocenters. The van der Waals surface area contributed by atoms with E-state index in [0.29, 0.717) is 4.34 Å². The molecule has 2 fully saturated rings. The zero-order valence-corrected chi connectivity index (χ0v) is 26.1. The van der Waals surface area contributed by atoms with E-state index in [2.05, 4.69) is 26.1 Å². The van der Waals surface area contributed by atoms with Crippen molar-refractivity contribution in [2.45, 2.75) is 28.7 Å². The zero-order valence-electron chi connectivity index (χ0n) is 21.6. The first kappa shape index (κ1) is 32.0. The van der Waals surface area contributed by atoms with Crippen molar-refractivity contribution in [1.82, 2.24) is 36.4 Å². The molecule has 6 amide bonds. The second-order valence-electron chi connectivity index (χ2n) is 8.80. The molecule has 0 spiro atoms. The van der Waals surface area contributed by atoms with Crippen LogP contribution in [0, 0.1) is 12.3 Å². The summed E-state index contributed by atoms with van der Waals surface area (Å²) in [5.41, 5.74) is -1.03. The van der Waals surface area contributed by atoms with Gasteiger partial charge < -0.3 is 35.9 Å². The Morgan fingerprint density at radius 1 is 1.23 bits per heavy atom. The topological polar surface area (TPSA) is 206 Å². The molecule has 5 N–H and O–H groups in total. The average molecular weight is 618 g/mol. The Labute approximate surface area is 263 Å². The minimum absolute atomic E-state index is 0. The maximum atomic E-state index is 13.2. The third-order valence-corrected chi connectivity index (χ3v) is 9.92. The molecule has 0 radical (unpaired) electrons. The van der Waals surface area contributed by atoms with E-state index in [-0.39, 0.29) is 58.9 Å². The number of benzene rings is 1. The van der Waals surface area contributed by atoms with Crippen LogP contribution in [0.3, 0.4) is 0 Å². The van der Waals surface area contributed by atoms with Gasteiger partial charge in [-0.05, 0) is 24.6 Å². The molecule has 2 aliphatic rings. The Hall–Kier alpha value is -2.57. The third kappa shape index (κ3) is 7.01. The van der Waals surface area contributed by atoms with Crippen molar-refractivity contribution in [1.29, 1.82) is 0 Å². The number of nitrogens with zero attached hydrogens (tertiary/aromatic N) is 3. The fraction of sp³-hybridized carbons (Fsp3) is 0.409. The van der Waals surface area contributed by atoms with E-state index >= 15 is 0 Å². The number of carboxylic acids is 1. The molecule has 0 saturated carbocycles. The fourth-order valence-corrected chi connectivity index (χ4v) is 7.64. The van der Waals surface area contributed by atoms with Crippen LogP contribution in [-0.2, 0) is 14.4 Å². The molecule has 3 unspecified atom stereocenters. The summed E-state index contributed by atoms with van der Waals surface area (Å²) >= 11 is 3.80. The number of β-lactam (4-membered cyclic amide) rings is 1. The number of thioether (sulfide) groups is 2. The van der Waals surface area contributed by atoms with Crippen LogP contribution in [0.4, 0.5) is 9.59 Å². The number of aromatic nitrogens is 2.